The van der Waals surface area contributed by atoms with Crippen LogP contribution in [0, 0.1) is 6.92 Å². The van der Waals surface area contributed by atoms with Gasteiger partial charge in [0, 0.05) is 6.54 Å². The fourth-order valence-electron chi connectivity index (χ4n) is 3.12. The van der Waals surface area contributed by atoms with Crippen molar-refractivity contribution in [2.75, 3.05) is 33.4 Å². The smallest absolute Gasteiger partial charge is 0.241 e. The molecule has 0 unspecified atom stereocenters. The van der Waals surface area contributed by atoms with Gasteiger partial charge in [0.2, 0.25) is 15.9 Å². The highest BCUT2D eigenvalue weighted by atomic mass is 32.2. The van der Waals surface area contributed by atoms with Crippen LogP contribution in [-0.2, 0) is 19.6 Å². The van der Waals surface area contributed by atoms with Crippen molar-refractivity contribution >= 4 is 15.9 Å². The average molecular weight is 404 g/mol. The van der Waals surface area contributed by atoms with Gasteiger partial charge in [0.1, 0.15) is 11.9 Å². The van der Waals surface area contributed by atoms with E-state index in [9.17, 15) is 13.2 Å². The predicted molar refractivity (Wildman–Crippen MR) is 105 cm³/mol. The van der Waals surface area contributed by atoms with Crippen LogP contribution >= 0.6 is 0 Å². The topological polar surface area (TPSA) is 84.9 Å². The van der Waals surface area contributed by atoms with Crippen LogP contribution in [0.5, 0.6) is 5.75 Å². The number of nitrogens with one attached hydrogen (secondary N) is 1. The Hall–Kier alpha value is -2.42. The normalized spacial score (nSPS) is 17.4. The molecule has 0 radical (unpaired) electrons. The number of carbonyl (C=O) groups excluding carboxylic acids is 1. The Morgan fingerprint density at radius 2 is 2.00 bits per heavy atom. The molecule has 0 aliphatic carbocycles. The molecule has 0 spiro atoms. The minimum Gasteiger partial charge on any atom is -0.496 e. The number of ether oxygens (including phenoxy) is 2. The zero-order valence-corrected chi connectivity index (χ0v) is 16.7. The molecule has 0 bridgehead atoms. The molecule has 2 aromatic carbocycles. The van der Waals surface area contributed by atoms with Crippen LogP contribution in [0.4, 0.5) is 0 Å². The molecule has 1 atom stereocenters. The average Bonchev–Trinajstić information content (AvgIpc) is 2.72. The third-order valence-electron chi connectivity index (χ3n) is 4.68. The fourth-order valence-corrected chi connectivity index (χ4v) is 4.17. The molecule has 1 heterocycles. The van der Waals surface area contributed by atoms with Gasteiger partial charge in [0.05, 0.1) is 31.7 Å². The van der Waals surface area contributed by atoms with Crippen LogP contribution in [0.15, 0.2) is 53.4 Å². The van der Waals surface area contributed by atoms with Gasteiger partial charge in [-0.3, -0.25) is 4.79 Å². The zero-order chi connectivity index (χ0) is 20.1. The van der Waals surface area contributed by atoms with Crippen molar-refractivity contribution in [3.8, 4) is 5.75 Å². The van der Waals surface area contributed by atoms with E-state index in [2.05, 4.69) is 4.72 Å². The summed E-state index contributed by atoms with van der Waals surface area (Å²) >= 11 is 0. The molecule has 150 valence electrons. The summed E-state index contributed by atoms with van der Waals surface area (Å²) < 4.78 is 38.3. The monoisotopic (exact) mass is 404 g/mol. The van der Waals surface area contributed by atoms with Crippen molar-refractivity contribution in [2.24, 2.45) is 0 Å². The third kappa shape index (κ3) is 4.70. The van der Waals surface area contributed by atoms with Gasteiger partial charge in [-0.2, -0.15) is 0 Å². The van der Waals surface area contributed by atoms with Crippen molar-refractivity contribution in [2.45, 2.75) is 17.9 Å². The molecule has 1 N–H and O–H groups in total. The lowest BCUT2D eigenvalue weighted by atomic mass is 10.1. The summed E-state index contributed by atoms with van der Waals surface area (Å²) in [4.78, 5) is 14.3. The first kappa shape index (κ1) is 20.3. The van der Waals surface area contributed by atoms with Crippen molar-refractivity contribution in [1.29, 1.82) is 0 Å². The lowest BCUT2D eigenvalue weighted by Crippen LogP contribution is -2.46. The molecule has 8 heteroatoms. The van der Waals surface area contributed by atoms with Crippen LogP contribution in [0.1, 0.15) is 17.2 Å². The van der Waals surface area contributed by atoms with E-state index in [4.69, 9.17) is 9.47 Å². The van der Waals surface area contributed by atoms with Gasteiger partial charge >= 0.3 is 0 Å². The molecule has 1 saturated heterocycles. The summed E-state index contributed by atoms with van der Waals surface area (Å²) in [7, 11) is -2.27. The van der Waals surface area contributed by atoms with E-state index in [1.165, 1.54) is 19.2 Å². The molecule has 1 amide bonds. The first-order chi connectivity index (χ1) is 13.4. The lowest BCUT2D eigenvalue weighted by molar-refractivity contribution is -0.137. The first-order valence-corrected chi connectivity index (χ1v) is 10.5. The second-order valence-electron chi connectivity index (χ2n) is 6.57. The Morgan fingerprint density at radius 3 is 2.68 bits per heavy atom. The standard InChI is InChI=1S/C20H24N2O5S/c1-15-12-17(8-9-18(15)26-2)28(24,25)21-13-20(23)22-10-11-27-19(14-22)16-6-4-3-5-7-16/h3-9,12,19,21H,10-11,13-14H2,1-2H3/t19-/m1/s1. The van der Waals surface area contributed by atoms with Crippen molar-refractivity contribution in [3.05, 3.63) is 59.7 Å². The van der Waals surface area contributed by atoms with Gasteiger partial charge < -0.3 is 14.4 Å². The number of hydrogen-bond donors (Lipinski definition) is 1. The Morgan fingerprint density at radius 1 is 1.25 bits per heavy atom. The Labute approximate surface area is 165 Å². The summed E-state index contributed by atoms with van der Waals surface area (Å²) in [5.74, 6) is 0.327. The molecule has 3 rings (SSSR count). The fraction of sp³-hybridized carbons (Fsp3) is 0.350. The molecule has 2 aromatic rings. The molecule has 7 nitrogen and oxygen atoms in total. The number of rotatable bonds is 6. The van der Waals surface area contributed by atoms with Gasteiger partial charge in [-0.05, 0) is 36.2 Å². The summed E-state index contributed by atoms with van der Waals surface area (Å²) in [5.41, 5.74) is 1.70. The van der Waals surface area contributed by atoms with Crippen LogP contribution in [-0.4, -0.2) is 52.6 Å². The number of carbonyl (C=O) groups is 1. The summed E-state index contributed by atoms with van der Waals surface area (Å²) in [5, 5.41) is 0. The molecule has 0 aromatic heterocycles. The van der Waals surface area contributed by atoms with E-state index in [1.807, 2.05) is 30.3 Å². The SMILES string of the molecule is COc1ccc(S(=O)(=O)NCC(=O)N2CCO[C@@H](c3ccccc3)C2)cc1C. The van der Waals surface area contributed by atoms with Crippen LogP contribution in [0.3, 0.4) is 0 Å². The number of sulfonamides is 1. The summed E-state index contributed by atoms with van der Waals surface area (Å²) in [6, 6.07) is 14.2. The molecular weight excluding hydrogens is 380 g/mol. The Balaban J connectivity index is 1.62. The van der Waals surface area contributed by atoms with Crippen LogP contribution in [0.2, 0.25) is 0 Å². The van der Waals surface area contributed by atoms with Crippen LogP contribution < -0.4 is 9.46 Å². The van der Waals surface area contributed by atoms with E-state index in [1.54, 1.807) is 17.9 Å². The second-order valence-corrected chi connectivity index (χ2v) is 8.33. The van der Waals surface area contributed by atoms with E-state index in [-0.39, 0.29) is 23.5 Å². The number of morpholine rings is 1. The summed E-state index contributed by atoms with van der Waals surface area (Å²) in [6.07, 6.45) is -0.209. The molecule has 1 fully saturated rings. The van der Waals surface area contributed by atoms with Crippen molar-refractivity contribution in [1.82, 2.24) is 9.62 Å². The number of nitrogens with zero attached hydrogens (tertiary/aromatic N) is 1. The minimum absolute atomic E-state index is 0.0998. The van der Waals surface area contributed by atoms with Gasteiger partial charge in [0.15, 0.2) is 0 Å². The quantitative estimate of drug-likeness (QED) is 0.795. The highest BCUT2D eigenvalue weighted by Gasteiger charge is 2.26. The highest BCUT2D eigenvalue weighted by Crippen LogP contribution is 2.23. The van der Waals surface area contributed by atoms with Crippen molar-refractivity contribution < 1.29 is 22.7 Å². The number of aryl methyl sites for hydroxylation is 1. The maximum atomic E-state index is 12.5. The Bertz CT molecular complexity index is 931. The molecule has 1 aliphatic rings. The Kier molecular flexibility index (Phi) is 6.33. The maximum absolute atomic E-state index is 12.5. The van der Waals surface area contributed by atoms with Crippen LogP contribution in [0.25, 0.3) is 0 Å². The second kappa shape index (κ2) is 8.72. The largest absolute Gasteiger partial charge is 0.496 e. The third-order valence-corrected chi connectivity index (χ3v) is 6.08. The zero-order valence-electron chi connectivity index (χ0n) is 15.9. The summed E-state index contributed by atoms with van der Waals surface area (Å²) in [6.45, 7) is 2.71. The first-order valence-electron chi connectivity index (χ1n) is 8.99. The minimum atomic E-state index is -3.79. The molecule has 0 saturated carbocycles. The van der Waals surface area contributed by atoms with E-state index in [0.717, 1.165) is 5.56 Å². The number of benzene rings is 2. The van der Waals surface area contributed by atoms with Gasteiger partial charge in [-0.1, -0.05) is 30.3 Å². The van der Waals surface area contributed by atoms with Gasteiger partial charge in [0.25, 0.3) is 0 Å². The van der Waals surface area contributed by atoms with E-state index >= 15 is 0 Å². The lowest BCUT2D eigenvalue weighted by Gasteiger charge is -2.33. The number of hydrogen-bond acceptors (Lipinski definition) is 5. The van der Waals surface area contributed by atoms with Gasteiger partial charge in [-0.25, -0.2) is 13.1 Å². The molecule has 28 heavy (non-hydrogen) atoms. The number of methoxy groups -OCH3 is 1. The van der Waals surface area contributed by atoms with Gasteiger partial charge in [-0.15, -0.1) is 0 Å². The van der Waals surface area contributed by atoms with E-state index < -0.39 is 10.0 Å². The predicted octanol–water partition coefficient (Wildman–Crippen LogP) is 1.88. The molecule has 1 aliphatic heterocycles. The van der Waals surface area contributed by atoms with Crippen molar-refractivity contribution in [3.63, 3.8) is 0 Å². The van der Waals surface area contributed by atoms with E-state index in [0.29, 0.717) is 31.0 Å². The number of amides is 1. The maximum Gasteiger partial charge on any atom is 0.241 e. The molecular formula is C20H24N2O5S. The highest BCUT2D eigenvalue weighted by molar-refractivity contribution is 7.89.